The van der Waals surface area contributed by atoms with E-state index in [4.69, 9.17) is 5.41 Å². The molecule has 27 heavy (non-hydrogen) atoms. The van der Waals surface area contributed by atoms with Crippen molar-refractivity contribution in [3.8, 4) is 0 Å². The monoisotopic (exact) mass is 368 g/mol. The zero-order valence-corrected chi connectivity index (χ0v) is 14.9. The van der Waals surface area contributed by atoms with E-state index in [9.17, 15) is 19.4 Å². The topological polar surface area (TPSA) is 84.6 Å². The van der Waals surface area contributed by atoms with Crippen LogP contribution in [0, 0.1) is 18.2 Å². The van der Waals surface area contributed by atoms with Crippen molar-refractivity contribution in [2.45, 2.75) is 18.9 Å². The maximum absolute atomic E-state index is 13.1. The molecule has 6 heteroatoms. The van der Waals surface area contributed by atoms with E-state index in [0.717, 1.165) is 11.8 Å². The molecule has 1 fully saturated rings. The maximum Gasteiger partial charge on any atom is 0.259 e. The van der Waals surface area contributed by atoms with Crippen LogP contribution in [0.4, 0.5) is 4.39 Å². The Morgan fingerprint density at radius 2 is 1.81 bits per heavy atom. The number of aliphatic hydroxyl groups is 2. The molecule has 0 radical (unpaired) electrons. The molecule has 0 saturated carbocycles. The van der Waals surface area contributed by atoms with E-state index in [0.29, 0.717) is 17.5 Å². The van der Waals surface area contributed by atoms with Crippen molar-refractivity contribution in [1.29, 1.82) is 5.41 Å². The summed E-state index contributed by atoms with van der Waals surface area (Å²) < 4.78 is 13.1. The minimum atomic E-state index is -1.28. The summed E-state index contributed by atoms with van der Waals surface area (Å²) in [4.78, 5) is 14.2. The molecular weight excluding hydrogens is 347 g/mol. The van der Waals surface area contributed by atoms with Gasteiger partial charge in [0.05, 0.1) is 12.1 Å². The van der Waals surface area contributed by atoms with Crippen LogP contribution in [0.2, 0.25) is 0 Å². The number of aryl methyl sites for hydroxylation is 1. The van der Waals surface area contributed by atoms with Crippen molar-refractivity contribution in [2.75, 3.05) is 13.1 Å². The number of aliphatic hydroxyl groups excluding tert-OH is 1. The number of likely N-dealkylation sites (tertiary alicyclic amines) is 1. The first-order chi connectivity index (χ1) is 12.8. The van der Waals surface area contributed by atoms with Gasteiger partial charge in [0.1, 0.15) is 17.2 Å². The van der Waals surface area contributed by atoms with Crippen molar-refractivity contribution >= 4 is 17.9 Å². The van der Waals surface area contributed by atoms with E-state index in [-0.39, 0.29) is 24.4 Å². The van der Waals surface area contributed by atoms with Gasteiger partial charge in [-0.3, -0.25) is 4.79 Å². The SMILES string of the molecule is Cc1ccc(/C(O)=C(/C=N)C(=O)N2CCC(O)(c3ccc(F)cc3)C2)cc1. The van der Waals surface area contributed by atoms with Crippen LogP contribution in [-0.4, -0.2) is 40.3 Å². The summed E-state index contributed by atoms with van der Waals surface area (Å²) in [7, 11) is 0. The quantitative estimate of drug-likeness (QED) is 0.440. The second-order valence-corrected chi connectivity index (χ2v) is 6.79. The van der Waals surface area contributed by atoms with Crippen LogP contribution < -0.4 is 0 Å². The highest BCUT2D eigenvalue weighted by Crippen LogP contribution is 2.33. The smallest absolute Gasteiger partial charge is 0.259 e. The molecule has 1 saturated heterocycles. The molecule has 0 spiro atoms. The van der Waals surface area contributed by atoms with Gasteiger partial charge in [-0.1, -0.05) is 42.0 Å². The van der Waals surface area contributed by atoms with E-state index in [2.05, 4.69) is 0 Å². The molecule has 3 N–H and O–H groups in total. The fourth-order valence-electron chi connectivity index (χ4n) is 3.23. The molecule has 1 aliphatic heterocycles. The average molecular weight is 368 g/mol. The van der Waals surface area contributed by atoms with Crippen LogP contribution in [0.5, 0.6) is 0 Å². The Hall–Kier alpha value is -2.99. The lowest BCUT2D eigenvalue weighted by Gasteiger charge is -2.24. The highest BCUT2D eigenvalue weighted by molar-refractivity contribution is 6.16. The Morgan fingerprint density at radius 1 is 1.19 bits per heavy atom. The number of amides is 1. The van der Waals surface area contributed by atoms with Crippen molar-refractivity contribution in [1.82, 2.24) is 4.90 Å². The summed E-state index contributed by atoms with van der Waals surface area (Å²) in [5.74, 6) is -1.20. The van der Waals surface area contributed by atoms with Crippen molar-refractivity contribution in [2.24, 2.45) is 0 Å². The number of hydrogen-bond acceptors (Lipinski definition) is 4. The lowest BCUT2D eigenvalue weighted by atomic mass is 9.93. The van der Waals surface area contributed by atoms with Gasteiger partial charge in [-0.05, 0) is 31.0 Å². The van der Waals surface area contributed by atoms with Gasteiger partial charge in [-0.2, -0.15) is 0 Å². The van der Waals surface area contributed by atoms with Crippen LogP contribution in [0.1, 0.15) is 23.1 Å². The van der Waals surface area contributed by atoms with Crippen LogP contribution in [0.25, 0.3) is 5.76 Å². The maximum atomic E-state index is 13.1. The summed E-state index contributed by atoms with van der Waals surface area (Å²) in [6.07, 6.45) is 1.12. The van der Waals surface area contributed by atoms with Crippen LogP contribution >= 0.6 is 0 Å². The molecule has 1 atom stereocenters. The van der Waals surface area contributed by atoms with Crippen LogP contribution in [0.15, 0.2) is 54.1 Å². The van der Waals surface area contributed by atoms with Crippen molar-refractivity contribution in [3.63, 3.8) is 0 Å². The molecule has 2 aromatic rings. The molecule has 1 heterocycles. The van der Waals surface area contributed by atoms with E-state index in [1.54, 1.807) is 24.3 Å². The molecule has 140 valence electrons. The highest BCUT2D eigenvalue weighted by Gasteiger charge is 2.40. The van der Waals surface area contributed by atoms with Gasteiger partial charge in [0.15, 0.2) is 0 Å². The summed E-state index contributed by atoms with van der Waals surface area (Å²) in [5.41, 5.74) is 0.568. The third-order valence-electron chi connectivity index (χ3n) is 4.87. The first kappa shape index (κ1) is 18.8. The Labute approximate surface area is 156 Å². The third-order valence-corrected chi connectivity index (χ3v) is 4.87. The van der Waals surface area contributed by atoms with Gasteiger partial charge < -0.3 is 20.5 Å². The molecule has 0 aliphatic carbocycles. The second-order valence-electron chi connectivity index (χ2n) is 6.79. The number of rotatable bonds is 4. The molecule has 1 unspecified atom stereocenters. The van der Waals surface area contributed by atoms with Crippen LogP contribution in [-0.2, 0) is 10.4 Å². The molecule has 1 amide bonds. The second kappa shape index (κ2) is 7.32. The normalized spacial score (nSPS) is 20.3. The fourth-order valence-corrected chi connectivity index (χ4v) is 3.23. The largest absolute Gasteiger partial charge is 0.506 e. The van der Waals surface area contributed by atoms with Gasteiger partial charge in [-0.25, -0.2) is 4.39 Å². The number of hydrogen-bond donors (Lipinski definition) is 3. The third kappa shape index (κ3) is 3.75. The van der Waals surface area contributed by atoms with Crippen molar-refractivity contribution in [3.05, 3.63) is 76.6 Å². The van der Waals surface area contributed by atoms with E-state index >= 15 is 0 Å². The molecule has 0 bridgehead atoms. The summed E-state index contributed by atoms with van der Waals surface area (Å²) in [6.45, 7) is 2.19. The number of carbonyl (C=O) groups excluding carboxylic acids is 1. The zero-order chi connectivity index (χ0) is 19.6. The number of halogens is 1. The molecular formula is C21H21FN2O3. The summed E-state index contributed by atoms with van der Waals surface area (Å²) >= 11 is 0. The Kier molecular flexibility index (Phi) is 5.10. The first-order valence-corrected chi connectivity index (χ1v) is 8.62. The van der Waals surface area contributed by atoms with E-state index < -0.39 is 17.3 Å². The van der Waals surface area contributed by atoms with E-state index in [1.165, 1.54) is 29.2 Å². The first-order valence-electron chi connectivity index (χ1n) is 8.62. The minimum Gasteiger partial charge on any atom is -0.506 e. The van der Waals surface area contributed by atoms with E-state index in [1.807, 2.05) is 6.92 Å². The molecule has 5 nitrogen and oxygen atoms in total. The molecule has 3 rings (SSSR count). The standard InChI is InChI=1S/C21H21FN2O3/c1-14-2-4-15(5-3-14)19(25)18(12-23)20(26)24-11-10-21(27,13-24)16-6-8-17(22)9-7-16/h2-9,12,23,25,27H,10-11,13H2,1H3/b19-18+,23-12?. The average Bonchev–Trinajstić information content (AvgIpc) is 3.06. The number of benzene rings is 2. The summed E-state index contributed by atoms with van der Waals surface area (Å²) in [6, 6.07) is 12.5. The predicted molar refractivity (Wildman–Crippen MR) is 101 cm³/mol. The molecule has 2 aromatic carbocycles. The Balaban J connectivity index is 1.84. The number of nitrogens with zero attached hydrogens (tertiary/aromatic N) is 1. The van der Waals surface area contributed by atoms with Gasteiger partial charge >= 0.3 is 0 Å². The summed E-state index contributed by atoms with van der Waals surface area (Å²) in [5, 5.41) is 28.9. The Bertz CT molecular complexity index is 891. The van der Waals surface area contributed by atoms with Gasteiger partial charge in [0, 0.05) is 18.3 Å². The van der Waals surface area contributed by atoms with Crippen LogP contribution in [0.3, 0.4) is 0 Å². The zero-order valence-electron chi connectivity index (χ0n) is 14.9. The molecule has 0 aromatic heterocycles. The van der Waals surface area contributed by atoms with Gasteiger partial charge in [0.25, 0.3) is 5.91 Å². The Morgan fingerprint density at radius 3 is 2.41 bits per heavy atom. The lowest BCUT2D eigenvalue weighted by Crippen LogP contribution is -2.35. The minimum absolute atomic E-state index is 0.00990. The molecule has 1 aliphatic rings. The highest BCUT2D eigenvalue weighted by atomic mass is 19.1. The number of β-amino-alcohol motifs (C(OH)–C–C–N with tert-alkyl or cyclic N) is 1. The number of carbonyl (C=O) groups is 1. The van der Waals surface area contributed by atoms with Gasteiger partial charge in [0.2, 0.25) is 0 Å². The number of nitrogens with one attached hydrogen (secondary N) is 1. The van der Waals surface area contributed by atoms with Gasteiger partial charge in [-0.15, -0.1) is 0 Å². The van der Waals surface area contributed by atoms with Crippen molar-refractivity contribution < 1.29 is 19.4 Å². The lowest BCUT2D eigenvalue weighted by molar-refractivity contribution is -0.126. The predicted octanol–water partition coefficient (Wildman–Crippen LogP) is 3.17. The fraction of sp³-hybridized carbons (Fsp3) is 0.238.